The first-order valence-corrected chi connectivity index (χ1v) is 15.8. The van der Waals surface area contributed by atoms with Gasteiger partial charge in [0.2, 0.25) is 0 Å². The Kier molecular flexibility index (Phi) is 8.00. The predicted octanol–water partition coefficient (Wildman–Crippen LogP) is 10.3. The van der Waals surface area contributed by atoms with E-state index >= 15 is 0 Å². The zero-order chi connectivity index (χ0) is 31.5. The number of nitrogens with zero attached hydrogens (tertiary/aromatic N) is 1. The van der Waals surface area contributed by atoms with Gasteiger partial charge in [0.25, 0.3) is 0 Å². The molecule has 0 saturated heterocycles. The Bertz CT molecular complexity index is 2100. The monoisotopic (exact) mass is 589 g/mol. The molecule has 1 heteroatoms. The van der Waals surface area contributed by atoms with E-state index in [1.54, 1.807) is 0 Å². The third-order valence-corrected chi connectivity index (χ3v) is 8.81. The van der Waals surface area contributed by atoms with Crippen LogP contribution in [0.3, 0.4) is 0 Å². The molecule has 0 bridgehead atoms. The first kappa shape index (κ1) is 29.0. The Morgan fingerprint density at radius 3 is 1.20 bits per heavy atom. The normalized spacial score (nSPS) is 12.2. The highest BCUT2D eigenvalue weighted by molar-refractivity contribution is 6.08. The fourth-order valence-corrected chi connectivity index (χ4v) is 6.20. The van der Waals surface area contributed by atoms with Crippen molar-refractivity contribution in [3.63, 3.8) is 0 Å². The molecule has 7 rings (SSSR count). The van der Waals surface area contributed by atoms with Gasteiger partial charge in [-0.05, 0) is 84.6 Å². The minimum atomic E-state index is -0.0549. The van der Waals surface area contributed by atoms with Gasteiger partial charge in [-0.2, -0.15) is 0 Å². The molecular weight excluding hydrogens is 555 g/mol. The van der Waals surface area contributed by atoms with Gasteiger partial charge >= 0.3 is 0 Å². The molecule has 1 heterocycles. The molecule has 0 aliphatic carbocycles. The quantitative estimate of drug-likeness (QED) is 0.180. The maximum Gasteiger partial charge on any atom is 0.0706 e. The zero-order valence-electron chi connectivity index (χ0n) is 26.5. The van der Waals surface area contributed by atoms with E-state index in [0.717, 1.165) is 11.1 Å². The lowest BCUT2D eigenvalue weighted by Crippen LogP contribution is -1.99. The van der Waals surface area contributed by atoms with E-state index in [0.29, 0.717) is 0 Å². The van der Waals surface area contributed by atoms with Crippen LogP contribution >= 0.6 is 0 Å². The minimum absolute atomic E-state index is 0.0549. The van der Waals surface area contributed by atoms with E-state index in [4.69, 9.17) is 0 Å². The first-order valence-electron chi connectivity index (χ1n) is 15.8. The van der Waals surface area contributed by atoms with Crippen LogP contribution in [-0.2, 0) is 7.05 Å². The van der Waals surface area contributed by atoms with Crippen LogP contribution in [0.2, 0.25) is 0 Å². The number of rotatable bonds is 4. The van der Waals surface area contributed by atoms with Crippen molar-refractivity contribution in [3.05, 3.63) is 190 Å². The van der Waals surface area contributed by atoms with Gasteiger partial charge < -0.3 is 4.57 Å². The number of hydrogen-bond donors (Lipinski definition) is 0. The minimum Gasteiger partial charge on any atom is -0.344 e. The summed E-state index contributed by atoms with van der Waals surface area (Å²) in [4.78, 5) is 0. The largest absolute Gasteiger partial charge is 0.344 e. The Hall–Kier alpha value is -5.76. The Morgan fingerprint density at radius 2 is 0.804 bits per heavy atom. The summed E-state index contributed by atoms with van der Waals surface area (Å²) in [7, 11) is 2.16. The van der Waals surface area contributed by atoms with Crippen molar-refractivity contribution < 1.29 is 0 Å². The molecule has 1 aromatic heterocycles. The molecule has 2 unspecified atom stereocenters. The predicted molar refractivity (Wildman–Crippen MR) is 193 cm³/mol. The molecule has 0 aliphatic rings. The molecule has 0 fully saturated rings. The number of aromatic nitrogens is 1. The maximum atomic E-state index is 3.62. The van der Waals surface area contributed by atoms with Crippen LogP contribution in [0.1, 0.15) is 56.3 Å². The summed E-state index contributed by atoms with van der Waals surface area (Å²) in [6.45, 7) is 4.25. The third-order valence-electron chi connectivity index (χ3n) is 8.81. The van der Waals surface area contributed by atoms with E-state index < -0.39 is 0 Å². The fraction of sp³-hybridized carbons (Fsp3) is 0.111. The van der Waals surface area contributed by atoms with Crippen LogP contribution in [0.4, 0.5) is 0 Å². The second kappa shape index (κ2) is 12.7. The Labute approximate surface area is 272 Å². The van der Waals surface area contributed by atoms with Crippen LogP contribution in [0, 0.1) is 37.5 Å². The average molecular weight is 590 g/mol. The molecule has 0 spiro atoms. The van der Waals surface area contributed by atoms with Gasteiger partial charge in [0.05, 0.1) is 11.8 Å². The van der Waals surface area contributed by atoms with E-state index in [-0.39, 0.29) is 11.8 Å². The van der Waals surface area contributed by atoms with E-state index in [2.05, 4.69) is 158 Å². The van der Waals surface area contributed by atoms with Gasteiger partial charge in [0, 0.05) is 40.0 Å². The summed E-state index contributed by atoms with van der Waals surface area (Å²) in [6.07, 6.45) is 0. The number of hydrogen-bond acceptors (Lipinski definition) is 0. The van der Waals surface area contributed by atoms with Crippen LogP contribution in [-0.4, -0.2) is 4.57 Å². The standard InChI is InChI=1S/C45H35N/c1-32-14-20-36(21-15-32)40(26-18-34-10-6-4-7-11-34)38-24-28-44-42(30-38)43-31-39(25-29-45(43)46(44)3)41(37-22-16-33(2)17-23-37)27-19-35-12-8-5-9-13-35/h4-17,20-25,28-31,40-41H,1-3H3. The molecule has 46 heavy (non-hydrogen) atoms. The highest BCUT2D eigenvalue weighted by Gasteiger charge is 2.18. The second-order valence-electron chi connectivity index (χ2n) is 12.1. The zero-order valence-corrected chi connectivity index (χ0v) is 26.5. The van der Waals surface area contributed by atoms with Gasteiger partial charge in [-0.1, -0.05) is 132 Å². The highest BCUT2D eigenvalue weighted by Crippen LogP contribution is 2.36. The van der Waals surface area contributed by atoms with Gasteiger partial charge in [-0.3, -0.25) is 0 Å². The lowest BCUT2D eigenvalue weighted by atomic mass is 9.89. The van der Waals surface area contributed by atoms with Crippen molar-refractivity contribution in [2.45, 2.75) is 25.7 Å². The van der Waals surface area contributed by atoms with Crippen molar-refractivity contribution in [2.75, 3.05) is 0 Å². The van der Waals surface area contributed by atoms with Crippen molar-refractivity contribution in [1.29, 1.82) is 0 Å². The molecule has 220 valence electrons. The first-order chi connectivity index (χ1) is 22.5. The molecule has 0 amide bonds. The van der Waals surface area contributed by atoms with Crippen LogP contribution in [0.15, 0.2) is 146 Å². The number of fused-ring (bicyclic) bond motifs is 3. The summed E-state index contributed by atoms with van der Waals surface area (Å²) in [5.74, 6) is 14.0. The smallest absolute Gasteiger partial charge is 0.0706 e. The lowest BCUT2D eigenvalue weighted by molar-refractivity contribution is 1.01. The van der Waals surface area contributed by atoms with Crippen molar-refractivity contribution in [1.82, 2.24) is 4.57 Å². The molecule has 0 saturated carbocycles. The van der Waals surface area contributed by atoms with Gasteiger partial charge in [-0.15, -0.1) is 0 Å². The van der Waals surface area contributed by atoms with Crippen molar-refractivity contribution in [2.24, 2.45) is 7.05 Å². The summed E-state index contributed by atoms with van der Waals surface area (Å²) in [5, 5.41) is 2.46. The molecule has 0 aliphatic heterocycles. The lowest BCUT2D eigenvalue weighted by Gasteiger charge is -2.14. The molecule has 7 aromatic rings. The molecule has 6 aromatic carbocycles. The van der Waals surface area contributed by atoms with Crippen molar-refractivity contribution in [3.8, 4) is 23.7 Å². The van der Waals surface area contributed by atoms with E-state index in [9.17, 15) is 0 Å². The summed E-state index contributed by atoms with van der Waals surface area (Å²) in [6, 6.07) is 51.7. The van der Waals surface area contributed by atoms with Crippen LogP contribution in [0.25, 0.3) is 21.8 Å². The number of aryl methyl sites for hydroxylation is 3. The van der Waals surface area contributed by atoms with Gasteiger partial charge in [-0.25, -0.2) is 0 Å². The van der Waals surface area contributed by atoms with Crippen molar-refractivity contribution >= 4 is 21.8 Å². The summed E-state index contributed by atoms with van der Waals surface area (Å²) >= 11 is 0. The maximum absolute atomic E-state index is 3.62. The third kappa shape index (κ3) is 5.97. The molecular formula is C45H35N. The molecule has 1 nitrogen and oxygen atoms in total. The summed E-state index contributed by atoms with van der Waals surface area (Å²) in [5.41, 5.74) is 11.7. The Morgan fingerprint density at radius 1 is 0.435 bits per heavy atom. The van der Waals surface area contributed by atoms with Crippen LogP contribution in [0.5, 0.6) is 0 Å². The van der Waals surface area contributed by atoms with Gasteiger partial charge in [0.1, 0.15) is 0 Å². The molecule has 2 atom stereocenters. The Balaban J connectivity index is 1.37. The van der Waals surface area contributed by atoms with Crippen LogP contribution < -0.4 is 0 Å². The van der Waals surface area contributed by atoms with Gasteiger partial charge in [0.15, 0.2) is 0 Å². The van der Waals surface area contributed by atoms with E-state index in [1.807, 2.05) is 36.4 Å². The molecule has 0 N–H and O–H groups in total. The SMILES string of the molecule is Cc1ccc(C(C#Cc2ccccc2)c2ccc3c(c2)c2cc(C(C#Cc4ccccc4)c4ccc(C)cc4)ccc2n3C)cc1. The summed E-state index contributed by atoms with van der Waals surface area (Å²) < 4.78 is 2.30. The number of benzene rings is 6. The van der Waals surface area contributed by atoms with E-state index in [1.165, 1.54) is 55.2 Å². The molecule has 0 radical (unpaired) electrons. The fourth-order valence-electron chi connectivity index (χ4n) is 6.20. The highest BCUT2D eigenvalue weighted by atomic mass is 14.9. The topological polar surface area (TPSA) is 4.93 Å². The second-order valence-corrected chi connectivity index (χ2v) is 12.1. The average Bonchev–Trinajstić information content (AvgIpc) is 3.37.